The fraction of sp³-hybridized carbons (Fsp3) is 0.391. The third-order valence-corrected chi connectivity index (χ3v) is 7.26. The highest BCUT2D eigenvalue weighted by molar-refractivity contribution is 7.13. The normalized spacial score (nSPS) is 22.9. The van der Waals surface area contributed by atoms with Crippen molar-refractivity contribution in [3.05, 3.63) is 53.8 Å². The van der Waals surface area contributed by atoms with Crippen molar-refractivity contribution < 1.29 is 14.3 Å². The highest BCUT2D eigenvalue weighted by Crippen LogP contribution is 2.41. The Hall–Kier alpha value is -3.00. The number of thiazole rings is 1. The van der Waals surface area contributed by atoms with E-state index in [0.717, 1.165) is 41.9 Å². The minimum Gasteiger partial charge on any atom is -0.467 e. The van der Waals surface area contributed by atoms with Gasteiger partial charge in [-0.25, -0.2) is 14.5 Å². The number of nitrogens with zero attached hydrogens (tertiary/aromatic N) is 4. The van der Waals surface area contributed by atoms with Crippen LogP contribution in [0.5, 0.6) is 0 Å². The molecule has 0 N–H and O–H groups in total. The van der Waals surface area contributed by atoms with Gasteiger partial charge in [-0.2, -0.15) is 5.10 Å². The second-order valence-corrected chi connectivity index (χ2v) is 9.00. The first-order valence-corrected chi connectivity index (χ1v) is 11.5. The summed E-state index contributed by atoms with van der Waals surface area (Å²) in [6.45, 7) is 0. The van der Waals surface area contributed by atoms with Crippen LogP contribution in [-0.4, -0.2) is 50.7 Å². The van der Waals surface area contributed by atoms with Crippen molar-refractivity contribution in [1.82, 2.24) is 19.7 Å². The lowest BCUT2D eigenvalue weighted by Crippen LogP contribution is -2.46. The summed E-state index contributed by atoms with van der Waals surface area (Å²) in [4.78, 5) is 32.2. The monoisotopic (exact) mass is 436 g/mol. The molecule has 1 aliphatic heterocycles. The molecule has 2 aliphatic rings. The average Bonchev–Trinajstić information content (AvgIpc) is 3.56. The topological polar surface area (TPSA) is 77.3 Å². The summed E-state index contributed by atoms with van der Waals surface area (Å²) in [6.07, 6.45) is 8.58. The summed E-state index contributed by atoms with van der Waals surface area (Å²) in [5.41, 5.74) is 2.20. The number of fused-ring (bicyclic) bond motifs is 1. The number of aromatic nitrogens is 3. The zero-order chi connectivity index (χ0) is 21.4. The van der Waals surface area contributed by atoms with Crippen LogP contribution in [0.25, 0.3) is 16.3 Å². The van der Waals surface area contributed by atoms with Gasteiger partial charge in [0.2, 0.25) is 0 Å². The molecule has 2 aromatic heterocycles. The fourth-order valence-electron chi connectivity index (χ4n) is 4.89. The molecule has 3 atom stereocenters. The third-order valence-electron chi connectivity index (χ3n) is 6.37. The Labute approximate surface area is 184 Å². The van der Waals surface area contributed by atoms with Gasteiger partial charge in [0.25, 0.3) is 5.91 Å². The van der Waals surface area contributed by atoms with Crippen molar-refractivity contribution in [2.45, 2.75) is 44.2 Å². The minimum atomic E-state index is -0.517. The number of carbonyl (C=O) groups excluding carboxylic acids is 2. The number of carbonyl (C=O) groups is 2. The molecule has 0 radical (unpaired) electrons. The van der Waals surface area contributed by atoms with Crippen LogP contribution < -0.4 is 0 Å². The van der Waals surface area contributed by atoms with E-state index >= 15 is 0 Å². The first kappa shape index (κ1) is 19.9. The highest BCUT2D eigenvalue weighted by atomic mass is 32.1. The Bertz CT molecular complexity index is 1090. The van der Waals surface area contributed by atoms with Crippen LogP contribution in [0.15, 0.2) is 48.1 Å². The van der Waals surface area contributed by atoms with Gasteiger partial charge < -0.3 is 9.64 Å². The SMILES string of the molecule is COC(=O)C1CC2CCCCC2N1C(=O)c1csc(-c2cnn(-c3ccccc3)c2)n1. The van der Waals surface area contributed by atoms with E-state index in [1.165, 1.54) is 18.4 Å². The number of methoxy groups -OCH3 is 1. The summed E-state index contributed by atoms with van der Waals surface area (Å²) >= 11 is 1.41. The standard InChI is InChI=1S/C23H24N4O3S/c1-30-23(29)20-11-15-7-5-6-10-19(15)27(20)22(28)18-14-31-21(25-18)16-12-24-26(13-16)17-8-3-2-4-9-17/h2-4,8-9,12-15,19-20H,5-7,10-11H2,1H3. The number of esters is 1. The molecule has 8 heteroatoms. The lowest BCUT2D eigenvalue weighted by Gasteiger charge is -2.32. The van der Waals surface area contributed by atoms with E-state index in [1.807, 2.05) is 36.5 Å². The first-order valence-electron chi connectivity index (χ1n) is 10.6. The van der Waals surface area contributed by atoms with Gasteiger partial charge in [0.15, 0.2) is 0 Å². The molecular weight excluding hydrogens is 412 g/mol. The van der Waals surface area contributed by atoms with E-state index in [4.69, 9.17) is 4.74 Å². The number of amides is 1. The Morgan fingerprint density at radius 2 is 1.97 bits per heavy atom. The Balaban J connectivity index is 1.40. The maximum absolute atomic E-state index is 13.4. The number of hydrogen-bond donors (Lipinski definition) is 0. The fourth-order valence-corrected chi connectivity index (χ4v) is 5.66. The van der Waals surface area contributed by atoms with E-state index in [-0.39, 0.29) is 17.9 Å². The van der Waals surface area contributed by atoms with Gasteiger partial charge in [0.1, 0.15) is 16.7 Å². The van der Waals surface area contributed by atoms with Crippen molar-refractivity contribution in [2.24, 2.45) is 5.92 Å². The third kappa shape index (κ3) is 3.65. The van der Waals surface area contributed by atoms with Crippen LogP contribution >= 0.6 is 11.3 Å². The van der Waals surface area contributed by atoms with Crippen molar-refractivity contribution in [1.29, 1.82) is 0 Å². The largest absolute Gasteiger partial charge is 0.467 e. The number of rotatable bonds is 4. The first-order chi connectivity index (χ1) is 15.2. The molecule has 7 nitrogen and oxygen atoms in total. The number of para-hydroxylation sites is 1. The molecule has 3 unspecified atom stereocenters. The second kappa shape index (κ2) is 8.26. The molecule has 31 heavy (non-hydrogen) atoms. The lowest BCUT2D eigenvalue weighted by atomic mass is 9.84. The average molecular weight is 437 g/mol. The molecule has 3 aromatic rings. The molecule has 0 bridgehead atoms. The molecule has 1 aromatic carbocycles. The number of ether oxygens (including phenoxy) is 1. The van der Waals surface area contributed by atoms with E-state index in [9.17, 15) is 9.59 Å². The second-order valence-electron chi connectivity index (χ2n) is 8.15. The molecule has 0 spiro atoms. The van der Waals surface area contributed by atoms with E-state index in [0.29, 0.717) is 18.0 Å². The van der Waals surface area contributed by atoms with Gasteiger partial charge >= 0.3 is 5.97 Å². The molecule has 1 amide bonds. The van der Waals surface area contributed by atoms with E-state index in [2.05, 4.69) is 10.1 Å². The van der Waals surface area contributed by atoms with Gasteiger partial charge in [-0.3, -0.25) is 4.79 Å². The van der Waals surface area contributed by atoms with Crippen LogP contribution in [0, 0.1) is 5.92 Å². The quantitative estimate of drug-likeness (QED) is 0.579. The van der Waals surface area contributed by atoms with Crippen LogP contribution in [-0.2, 0) is 9.53 Å². The summed E-state index contributed by atoms with van der Waals surface area (Å²) in [6, 6.07) is 9.42. The predicted octanol–water partition coefficient (Wildman–Crippen LogP) is 3.94. The molecular formula is C23H24N4O3S. The van der Waals surface area contributed by atoms with Crippen LogP contribution in [0.4, 0.5) is 0 Å². The van der Waals surface area contributed by atoms with Gasteiger partial charge in [-0.1, -0.05) is 31.0 Å². The smallest absolute Gasteiger partial charge is 0.328 e. The van der Waals surface area contributed by atoms with E-state index < -0.39 is 6.04 Å². The van der Waals surface area contributed by atoms with Crippen molar-refractivity contribution in [3.63, 3.8) is 0 Å². The van der Waals surface area contributed by atoms with Crippen LogP contribution in [0.2, 0.25) is 0 Å². The van der Waals surface area contributed by atoms with Gasteiger partial charge in [0.05, 0.1) is 19.0 Å². The Morgan fingerprint density at radius 1 is 1.16 bits per heavy atom. The summed E-state index contributed by atoms with van der Waals surface area (Å²) in [7, 11) is 1.39. The predicted molar refractivity (Wildman–Crippen MR) is 117 cm³/mol. The molecule has 2 fully saturated rings. The molecule has 5 rings (SSSR count). The molecule has 160 valence electrons. The van der Waals surface area contributed by atoms with Crippen molar-refractivity contribution in [2.75, 3.05) is 7.11 Å². The highest BCUT2D eigenvalue weighted by Gasteiger charge is 2.48. The summed E-state index contributed by atoms with van der Waals surface area (Å²) in [5, 5.41) is 6.94. The van der Waals surface area contributed by atoms with Gasteiger partial charge in [-0.15, -0.1) is 11.3 Å². The zero-order valence-corrected chi connectivity index (χ0v) is 18.1. The van der Waals surface area contributed by atoms with E-state index in [1.54, 1.807) is 21.2 Å². The lowest BCUT2D eigenvalue weighted by molar-refractivity contribution is -0.145. The van der Waals surface area contributed by atoms with Crippen molar-refractivity contribution >= 4 is 23.2 Å². The Kier molecular flexibility index (Phi) is 5.31. The summed E-state index contributed by atoms with van der Waals surface area (Å²) in [5.74, 6) is -0.144. The molecule has 1 aliphatic carbocycles. The zero-order valence-electron chi connectivity index (χ0n) is 17.3. The van der Waals surface area contributed by atoms with Gasteiger partial charge in [0, 0.05) is 23.2 Å². The number of benzene rings is 1. The maximum Gasteiger partial charge on any atom is 0.328 e. The summed E-state index contributed by atoms with van der Waals surface area (Å²) < 4.78 is 6.80. The molecule has 1 saturated carbocycles. The van der Waals surface area contributed by atoms with Crippen LogP contribution in [0.3, 0.4) is 0 Å². The van der Waals surface area contributed by atoms with Crippen molar-refractivity contribution in [3.8, 4) is 16.3 Å². The number of hydrogen-bond acceptors (Lipinski definition) is 6. The maximum atomic E-state index is 13.4. The van der Waals surface area contributed by atoms with Gasteiger partial charge in [-0.05, 0) is 37.3 Å². The number of likely N-dealkylation sites (tertiary alicyclic amines) is 1. The molecule has 3 heterocycles. The minimum absolute atomic E-state index is 0.0938. The van der Waals surface area contributed by atoms with Crippen LogP contribution in [0.1, 0.15) is 42.6 Å². The Morgan fingerprint density at radius 3 is 2.77 bits per heavy atom. The molecule has 1 saturated heterocycles.